The van der Waals surface area contributed by atoms with Gasteiger partial charge in [0.15, 0.2) is 0 Å². The van der Waals surface area contributed by atoms with Crippen molar-refractivity contribution >= 4 is 5.91 Å². The molecule has 4 heteroatoms. The minimum absolute atomic E-state index is 0.0176. The molecule has 1 rings (SSSR count). The van der Waals surface area contributed by atoms with Crippen molar-refractivity contribution < 1.29 is 9.90 Å². The van der Waals surface area contributed by atoms with Crippen LogP contribution in [0.2, 0.25) is 0 Å². The van der Waals surface area contributed by atoms with Crippen LogP contribution in [0.5, 0.6) is 0 Å². The molecule has 0 saturated carbocycles. The second-order valence-electron chi connectivity index (χ2n) is 4.01. The van der Waals surface area contributed by atoms with Crippen molar-refractivity contribution in [2.75, 3.05) is 13.2 Å². The summed E-state index contributed by atoms with van der Waals surface area (Å²) in [5.74, 6) is -0.0362. The molecule has 0 aromatic rings. The highest BCUT2D eigenvalue weighted by atomic mass is 16.3. The summed E-state index contributed by atoms with van der Waals surface area (Å²) in [5.41, 5.74) is 5.56. The summed E-state index contributed by atoms with van der Waals surface area (Å²) in [7, 11) is 0. The minimum Gasteiger partial charge on any atom is -0.394 e. The maximum atomic E-state index is 11.7. The van der Waals surface area contributed by atoms with Crippen molar-refractivity contribution in [1.82, 2.24) is 4.90 Å². The number of aliphatic hydroxyl groups excluding tert-OH is 1. The number of nitrogens with zero attached hydrogens (tertiary/aromatic N) is 1. The normalized spacial score (nSPS) is 25.6. The van der Waals surface area contributed by atoms with Crippen molar-refractivity contribution in [3.8, 4) is 0 Å². The van der Waals surface area contributed by atoms with Crippen molar-refractivity contribution in [3.05, 3.63) is 0 Å². The van der Waals surface area contributed by atoms with E-state index >= 15 is 0 Å². The summed E-state index contributed by atoms with van der Waals surface area (Å²) in [6.07, 6.45) is 4.15. The van der Waals surface area contributed by atoms with E-state index in [0.29, 0.717) is 0 Å². The molecule has 0 radical (unpaired) electrons. The third-order valence-corrected chi connectivity index (χ3v) is 2.76. The minimum atomic E-state index is -0.456. The Balaban J connectivity index is 2.65. The number of hydrogen-bond acceptors (Lipinski definition) is 3. The fourth-order valence-corrected chi connectivity index (χ4v) is 1.92. The first-order chi connectivity index (χ1) is 6.66. The van der Waals surface area contributed by atoms with E-state index in [1.807, 2.05) is 0 Å². The summed E-state index contributed by atoms with van der Waals surface area (Å²) in [5, 5.41) is 9.18. The topological polar surface area (TPSA) is 66.6 Å². The van der Waals surface area contributed by atoms with Gasteiger partial charge in [0.1, 0.15) is 0 Å². The van der Waals surface area contributed by atoms with E-state index in [4.69, 9.17) is 5.73 Å². The number of hydrogen-bond donors (Lipinski definition) is 2. The Labute approximate surface area is 85.1 Å². The number of rotatable bonds is 2. The van der Waals surface area contributed by atoms with Gasteiger partial charge in [0.25, 0.3) is 0 Å². The molecule has 4 nitrogen and oxygen atoms in total. The predicted octanol–water partition coefficient (Wildman–Crippen LogP) is 0.0971. The standard InChI is InChI=1S/C10H20N2O2/c1-8(11)10(14)12-6-4-2-3-5-9(12)7-13/h8-9,13H,2-7,11H2,1H3/t8-,9?/m1/s1. The average molecular weight is 200 g/mol. The lowest BCUT2D eigenvalue weighted by Gasteiger charge is -2.30. The molecule has 0 aromatic carbocycles. The van der Waals surface area contributed by atoms with Crippen LogP contribution in [0, 0.1) is 0 Å². The lowest BCUT2D eigenvalue weighted by Crippen LogP contribution is -2.48. The smallest absolute Gasteiger partial charge is 0.239 e. The van der Waals surface area contributed by atoms with Crippen molar-refractivity contribution in [3.63, 3.8) is 0 Å². The van der Waals surface area contributed by atoms with Gasteiger partial charge in [-0.1, -0.05) is 12.8 Å². The molecule has 1 unspecified atom stereocenters. The van der Waals surface area contributed by atoms with Crippen LogP contribution in [0.1, 0.15) is 32.6 Å². The number of nitrogens with two attached hydrogens (primary N) is 1. The Morgan fingerprint density at radius 2 is 2.29 bits per heavy atom. The number of likely N-dealkylation sites (tertiary alicyclic amines) is 1. The molecule has 82 valence electrons. The highest BCUT2D eigenvalue weighted by Crippen LogP contribution is 2.16. The number of carbonyl (C=O) groups is 1. The molecule has 0 aromatic heterocycles. The SMILES string of the molecule is C[C@@H](N)C(=O)N1CCCCCC1CO. The van der Waals surface area contributed by atoms with Crippen LogP contribution in [0.3, 0.4) is 0 Å². The predicted molar refractivity (Wildman–Crippen MR) is 54.7 cm³/mol. The number of carbonyl (C=O) groups excluding carboxylic acids is 1. The Morgan fingerprint density at radius 1 is 1.57 bits per heavy atom. The second-order valence-corrected chi connectivity index (χ2v) is 4.01. The molecule has 1 amide bonds. The fraction of sp³-hybridized carbons (Fsp3) is 0.900. The Kier molecular flexibility index (Phi) is 4.35. The maximum absolute atomic E-state index is 11.7. The molecule has 1 heterocycles. The van der Waals surface area contributed by atoms with E-state index in [0.717, 1.165) is 32.2 Å². The van der Waals surface area contributed by atoms with Gasteiger partial charge in [0, 0.05) is 6.54 Å². The molecule has 1 aliphatic heterocycles. The van der Waals surface area contributed by atoms with Gasteiger partial charge in [-0.15, -0.1) is 0 Å². The van der Waals surface area contributed by atoms with Gasteiger partial charge < -0.3 is 15.7 Å². The Morgan fingerprint density at radius 3 is 2.86 bits per heavy atom. The van der Waals surface area contributed by atoms with Crippen LogP contribution in [-0.2, 0) is 4.79 Å². The molecule has 0 aliphatic carbocycles. The van der Waals surface area contributed by atoms with Crippen LogP contribution in [-0.4, -0.2) is 41.1 Å². The number of aliphatic hydroxyl groups is 1. The first-order valence-corrected chi connectivity index (χ1v) is 5.33. The van der Waals surface area contributed by atoms with Crippen LogP contribution >= 0.6 is 0 Å². The Hall–Kier alpha value is -0.610. The first-order valence-electron chi connectivity index (χ1n) is 5.33. The van der Waals surface area contributed by atoms with Gasteiger partial charge in [0.2, 0.25) is 5.91 Å². The van der Waals surface area contributed by atoms with E-state index in [9.17, 15) is 9.90 Å². The van der Waals surface area contributed by atoms with Gasteiger partial charge in [-0.25, -0.2) is 0 Å². The molecule has 2 atom stereocenters. The molecule has 14 heavy (non-hydrogen) atoms. The highest BCUT2D eigenvalue weighted by Gasteiger charge is 2.26. The zero-order valence-electron chi connectivity index (χ0n) is 8.78. The quantitative estimate of drug-likeness (QED) is 0.664. The second kappa shape index (κ2) is 5.32. The highest BCUT2D eigenvalue weighted by molar-refractivity contribution is 5.81. The van der Waals surface area contributed by atoms with E-state index in [1.54, 1.807) is 11.8 Å². The molecule has 1 fully saturated rings. The fourth-order valence-electron chi connectivity index (χ4n) is 1.92. The van der Waals surface area contributed by atoms with Crippen molar-refractivity contribution in [2.24, 2.45) is 5.73 Å². The van der Waals surface area contributed by atoms with Crippen molar-refractivity contribution in [1.29, 1.82) is 0 Å². The molecule has 0 spiro atoms. The molecular formula is C10H20N2O2. The lowest BCUT2D eigenvalue weighted by molar-refractivity contribution is -0.135. The summed E-state index contributed by atoms with van der Waals surface area (Å²) in [6.45, 7) is 2.49. The number of amides is 1. The van der Waals surface area contributed by atoms with Crippen LogP contribution in [0.4, 0.5) is 0 Å². The molecular weight excluding hydrogens is 180 g/mol. The van der Waals surface area contributed by atoms with Gasteiger partial charge in [0.05, 0.1) is 18.7 Å². The monoisotopic (exact) mass is 200 g/mol. The average Bonchev–Trinajstić information content (AvgIpc) is 2.40. The molecule has 0 bridgehead atoms. The zero-order valence-corrected chi connectivity index (χ0v) is 8.78. The van der Waals surface area contributed by atoms with Gasteiger partial charge in [-0.3, -0.25) is 4.79 Å². The van der Waals surface area contributed by atoms with E-state index in [-0.39, 0.29) is 18.6 Å². The van der Waals surface area contributed by atoms with Crippen LogP contribution in [0.25, 0.3) is 0 Å². The van der Waals surface area contributed by atoms with Gasteiger partial charge in [-0.2, -0.15) is 0 Å². The van der Waals surface area contributed by atoms with Crippen LogP contribution in [0.15, 0.2) is 0 Å². The third kappa shape index (κ3) is 2.69. The summed E-state index contributed by atoms with van der Waals surface area (Å²) >= 11 is 0. The molecule has 3 N–H and O–H groups in total. The first kappa shape index (κ1) is 11.5. The molecule has 1 aliphatic rings. The van der Waals surface area contributed by atoms with E-state index in [2.05, 4.69) is 0 Å². The summed E-state index contributed by atoms with van der Waals surface area (Å²) < 4.78 is 0. The maximum Gasteiger partial charge on any atom is 0.239 e. The summed E-state index contributed by atoms with van der Waals surface area (Å²) in [6, 6.07) is -0.474. The van der Waals surface area contributed by atoms with E-state index in [1.165, 1.54) is 0 Å². The van der Waals surface area contributed by atoms with Gasteiger partial charge >= 0.3 is 0 Å². The van der Waals surface area contributed by atoms with Crippen LogP contribution < -0.4 is 5.73 Å². The molecule has 1 saturated heterocycles. The lowest BCUT2D eigenvalue weighted by atomic mass is 10.1. The van der Waals surface area contributed by atoms with Gasteiger partial charge in [-0.05, 0) is 19.8 Å². The largest absolute Gasteiger partial charge is 0.394 e. The van der Waals surface area contributed by atoms with E-state index < -0.39 is 6.04 Å². The Bertz CT molecular complexity index is 195. The zero-order chi connectivity index (χ0) is 10.6. The van der Waals surface area contributed by atoms with Crippen molar-refractivity contribution in [2.45, 2.75) is 44.7 Å². The third-order valence-electron chi connectivity index (χ3n) is 2.76. The summed E-state index contributed by atoms with van der Waals surface area (Å²) in [4.78, 5) is 13.5.